The fraction of sp³-hybridized carbons (Fsp3) is 0.308. The van der Waals surface area contributed by atoms with Crippen LogP contribution in [0.25, 0.3) is 0 Å². The molecule has 0 aliphatic heterocycles. The molecule has 2 rings (SSSR count). The summed E-state index contributed by atoms with van der Waals surface area (Å²) < 4.78 is 5.08. The Morgan fingerprint density at radius 2 is 1.47 bits per heavy atom. The third-order valence-corrected chi connectivity index (χ3v) is 1.93. The summed E-state index contributed by atoms with van der Waals surface area (Å²) in [5.74, 6) is 1.97. The summed E-state index contributed by atoms with van der Waals surface area (Å²) in [4.78, 5) is 4.08. The van der Waals surface area contributed by atoms with E-state index in [0.29, 0.717) is 0 Å². The predicted molar refractivity (Wildman–Crippen MR) is 61.9 cm³/mol. The smallest absolute Gasteiger partial charge is 0.101 e. The van der Waals surface area contributed by atoms with Crippen molar-refractivity contribution in [3.8, 4) is 0 Å². The van der Waals surface area contributed by atoms with Crippen molar-refractivity contribution in [2.24, 2.45) is 0 Å². The lowest BCUT2D eigenvalue weighted by atomic mass is 10.3. The summed E-state index contributed by atoms with van der Waals surface area (Å²) >= 11 is 0. The van der Waals surface area contributed by atoms with Crippen LogP contribution < -0.4 is 0 Å². The highest BCUT2D eigenvalue weighted by Crippen LogP contribution is 2.02. The quantitative estimate of drug-likeness (QED) is 0.654. The Hall–Kier alpha value is -1.57. The van der Waals surface area contributed by atoms with Gasteiger partial charge in [0.25, 0.3) is 0 Å². The summed E-state index contributed by atoms with van der Waals surface area (Å²) in [5.41, 5.74) is 2.30. The van der Waals surface area contributed by atoms with Gasteiger partial charge in [0.2, 0.25) is 0 Å². The highest BCUT2D eigenvalue weighted by molar-refractivity contribution is 5.10. The molecule has 0 aliphatic carbocycles. The van der Waals surface area contributed by atoms with Gasteiger partial charge < -0.3 is 4.42 Å². The number of furan rings is 1. The van der Waals surface area contributed by atoms with Crippen LogP contribution in [0.5, 0.6) is 0 Å². The van der Waals surface area contributed by atoms with Gasteiger partial charge in [-0.25, -0.2) is 0 Å². The molecule has 0 N–H and O–H groups in total. The van der Waals surface area contributed by atoms with Gasteiger partial charge in [-0.3, -0.25) is 4.98 Å². The minimum absolute atomic E-state index is 0.984. The second kappa shape index (κ2) is 5.35. The number of nitrogens with zero attached hydrogens (tertiary/aromatic N) is 1. The molecular formula is C13H17NO. The van der Waals surface area contributed by atoms with Gasteiger partial charge in [0, 0.05) is 11.9 Å². The predicted octanol–water partition coefficient (Wildman–Crippen LogP) is 3.59. The molecule has 2 heteroatoms. The molecule has 0 aliphatic rings. The fourth-order valence-corrected chi connectivity index (χ4v) is 1.10. The normalized spacial score (nSPS) is 9.33. The summed E-state index contributed by atoms with van der Waals surface area (Å²) in [6.45, 7) is 7.89. The second-order valence-corrected chi connectivity index (χ2v) is 3.63. The van der Waals surface area contributed by atoms with Gasteiger partial charge in [0.1, 0.15) is 11.5 Å². The molecule has 0 fully saturated rings. The molecule has 0 saturated heterocycles. The largest absolute Gasteiger partial charge is 0.467 e. The van der Waals surface area contributed by atoms with E-state index in [1.54, 1.807) is 0 Å². The lowest BCUT2D eigenvalue weighted by Crippen LogP contribution is -1.78. The topological polar surface area (TPSA) is 26.0 Å². The van der Waals surface area contributed by atoms with E-state index >= 15 is 0 Å². The van der Waals surface area contributed by atoms with Gasteiger partial charge in [-0.2, -0.15) is 0 Å². The molecule has 2 aromatic heterocycles. The van der Waals surface area contributed by atoms with E-state index in [1.165, 1.54) is 5.56 Å². The summed E-state index contributed by atoms with van der Waals surface area (Å²) in [6.07, 6.45) is 1.87. The van der Waals surface area contributed by atoms with Crippen molar-refractivity contribution in [1.82, 2.24) is 4.98 Å². The Morgan fingerprint density at radius 3 is 1.73 bits per heavy atom. The van der Waals surface area contributed by atoms with Gasteiger partial charge in [-0.15, -0.1) is 0 Å². The van der Waals surface area contributed by atoms with E-state index in [4.69, 9.17) is 4.42 Å². The van der Waals surface area contributed by atoms with Gasteiger partial charge in [0.15, 0.2) is 0 Å². The Morgan fingerprint density at radius 1 is 0.867 bits per heavy atom. The SMILES string of the molecule is Cc1ccc(C)nc1.Cc1ccc(C)o1. The number of pyridine rings is 1. The highest BCUT2D eigenvalue weighted by atomic mass is 16.3. The zero-order chi connectivity index (χ0) is 11.3. The van der Waals surface area contributed by atoms with Gasteiger partial charge in [0.05, 0.1) is 0 Å². The molecule has 0 atom stereocenters. The molecule has 2 heterocycles. The standard InChI is InChI=1S/C7H9N.C6H8O/c1-6-3-4-7(2)8-5-6;1-5-3-4-6(2)7-5/h3-5H,1-2H3;3-4H,1-2H3. The molecule has 0 radical (unpaired) electrons. The summed E-state index contributed by atoms with van der Waals surface area (Å²) in [6, 6.07) is 7.97. The van der Waals surface area contributed by atoms with E-state index < -0.39 is 0 Å². The third-order valence-electron chi connectivity index (χ3n) is 1.93. The van der Waals surface area contributed by atoms with Crippen molar-refractivity contribution in [2.45, 2.75) is 27.7 Å². The highest BCUT2D eigenvalue weighted by Gasteiger charge is 1.85. The van der Waals surface area contributed by atoms with E-state index in [1.807, 2.05) is 52.1 Å². The van der Waals surface area contributed by atoms with Crippen molar-refractivity contribution >= 4 is 0 Å². The first-order valence-corrected chi connectivity index (χ1v) is 5.00. The van der Waals surface area contributed by atoms with Crippen LogP contribution in [0.4, 0.5) is 0 Å². The molecule has 0 bridgehead atoms. The van der Waals surface area contributed by atoms with Crippen LogP contribution >= 0.6 is 0 Å². The monoisotopic (exact) mass is 203 g/mol. The van der Waals surface area contributed by atoms with Crippen molar-refractivity contribution in [3.63, 3.8) is 0 Å². The Balaban J connectivity index is 0.000000151. The van der Waals surface area contributed by atoms with E-state index in [-0.39, 0.29) is 0 Å². The number of hydrogen-bond donors (Lipinski definition) is 0. The van der Waals surface area contributed by atoms with Crippen molar-refractivity contribution < 1.29 is 4.42 Å². The van der Waals surface area contributed by atoms with Crippen LogP contribution in [-0.2, 0) is 0 Å². The first-order chi connectivity index (χ1) is 7.08. The third kappa shape index (κ3) is 4.45. The average Bonchev–Trinajstić information content (AvgIpc) is 2.56. The molecule has 2 nitrogen and oxygen atoms in total. The Kier molecular flexibility index (Phi) is 4.10. The molecule has 0 aromatic carbocycles. The van der Waals surface area contributed by atoms with Crippen LogP contribution in [0.2, 0.25) is 0 Å². The molecule has 15 heavy (non-hydrogen) atoms. The van der Waals surface area contributed by atoms with Gasteiger partial charge >= 0.3 is 0 Å². The lowest BCUT2D eigenvalue weighted by Gasteiger charge is -1.89. The van der Waals surface area contributed by atoms with E-state index in [9.17, 15) is 0 Å². The molecule has 0 saturated carbocycles. The summed E-state index contributed by atoms with van der Waals surface area (Å²) in [5, 5.41) is 0. The molecule has 0 unspecified atom stereocenters. The second-order valence-electron chi connectivity index (χ2n) is 3.63. The van der Waals surface area contributed by atoms with E-state index in [2.05, 4.69) is 11.1 Å². The molecule has 2 aromatic rings. The average molecular weight is 203 g/mol. The maximum absolute atomic E-state index is 5.08. The first kappa shape index (κ1) is 11.5. The number of aryl methyl sites for hydroxylation is 4. The molecule has 80 valence electrons. The molecule has 0 amide bonds. The molecule has 0 spiro atoms. The van der Waals surface area contributed by atoms with Gasteiger partial charge in [-0.1, -0.05) is 6.07 Å². The maximum Gasteiger partial charge on any atom is 0.101 e. The summed E-state index contributed by atoms with van der Waals surface area (Å²) in [7, 11) is 0. The zero-order valence-electron chi connectivity index (χ0n) is 9.74. The first-order valence-electron chi connectivity index (χ1n) is 5.00. The van der Waals surface area contributed by atoms with Crippen LogP contribution in [0, 0.1) is 27.7 Å². The Bertz CT molecular complexity index is 363. The van der Waals surface area contributed by atoms with Crippen molar-refractivity contribution in [3.05, 3.63) is 53.2 Å². The van der Waals surface area contributed by atoms with Crippen LogP contribution in [-0.4, -0.2) is 4.98 Å². The zero-order valence-corrected chi connectivity index (χ0v) is 9.74. The fourth-order valence-electron chi connectivity index (χ4n) is 1.10. The van der Waals surface area contributed by atoms with Crippen LogP contribution in [0.3, 0.4) is 0 Å². The van der Waals surface area contributed by atoms with Crippen LogP contribution in [0.15, 0.2) is 34.9 Å². The minimum atomic E-state index is 0.984. The van der Waals surface area contributed by atoms with Crippen molar-refractivity contribution in [1.29, 1.82) is 0 Å². The Labute approximate surface area is 91.0 Å². The van der Waals surface area contributed by atoms with E-state index in [0.717, 1.165) is 17.2 Å². The number of aromatic nitrogens is 1. The van der Waals surface area contributed by atoms with Crippen molar-refractivity contribution in [2.75, 3.05) is 0 Å². The number of rotatable bonds is 0. The molecular weight excluding hydrogens is 186 g/mol. The maximum atomic E-state index is 5.08. The lowest BCUT2D eigenvalue weighted by molar-refractivity contribution is 0.504. The van der Waals surface area contributed by atoms with Crippen LogP contribution in [0.1, 0.15) is 22.8 Å². The van der Waals surface area contributed by atoms with Gasteiger partial charge in [-0.05, 0) is 51.5 Å². The number of hydrogen-bond acceptors (Lipinski definition) is 2. The minimum Gasteiger partial charge on any atom is -0.467 e.